The molecule has 3 heterocycles. The highest BCUT2D eigenvalue weighted by Crippen LogP contribution is 2.32. The Morgan fingerprint density at radius 3 is 2.37 bits per heavy atom. The zero-order chi connectivity index (χ0) is 24.2. The molecular formula is C26H27N3O5S. The largest absolute Gasteiger partial charge is 0.465 e. The zero-order valence-electron chi connectivity index (χ0n) is 19.3. The molecule has 1 N–H and O–H groups in total. The number of fused-ring (bicyclic) bond motifs is 1. The van der Waals surface area contributed by atoms with Crippen LogP contribution in [0.25, 0.3) is 0 Å². The number of rotatable bonds is 7. The molecule has 1 fully saturated rings. The molecule has 2 amide bonds. The topological polar surface area (TPSA) is 82.6 Å². The summed E-state index contributed by atoms with van der Waals surface area (Å²) in [6, 6.07) is 17.1. The van der Waals surface area contributed by atoms with Crippen molar-refractivity contribution in [3.63, 3.8) is 0 Å². The van der Waals surface area contributed by atoms with Crippen molar-refractivity contribution in [3.05, 3.63) is 81.5 Å². The number of hydrogen-bond donors (Lipinski definition) is 1. The average Bonchev–Trinajstić information content (AvgIpc) is 3.56. The second-order valence-corrected chi connectivity index (χ2v) is 9.70. The lowest BCUT2D eigenvalue weighted by molar-refractivity contribution is 0.0628. The summed E-state index contributed by atoms with van der Waals surface area (Å²) in [5.41, 5.74) is 2.64. The van der Waals surface area contributed by atoms with E-state index in [0.717, 1.165) is 41.6 Å². The summed E-state index contributed by atoms with van der Waals surface area (Å²) >= 11 is 1.54. The van der Waals surface area contributed by atoms with Gasteiger partial charge in [-0.2, -0.15) is 0 Å². The Morgan fingerprint density at radius 1 is 0.914 bits per heavy atom. The van der Waals surface area contributed by atoms with Crippen LogP contribution in [-0.4, -0.2) is 64.8 Å². The van der Waals surface area contributed by atoms with Crippen molar-refractivity contribution in [1.82, 2.24) is 14.7 Å². The lowest BCUT2D eigenvalue weighted by Gasteiger charge is -2.34. The molecule has 0 bridgehead atoms. The van der Waals surface area contributed by atoms with E-state index in [9.17, 15) is 14.7 Å². The first-order valence-corrected chi connectivity index (χ1v) is 12.4. The van der Waals surface area contributed by atoms with Gasteiger partial charge in [0.05, 0.1) is 6.54 Å². The normalized spacial score (nSPS) is 15.3. The molecule has 35 heavy (non-hydrogen) atoms. The predicted molar refractivity (Wildman–Crippen MR) is 132 cm³/mol. The summed E-state index contributed by atoms with van der Waals surface area (Å²) in [4.78, 5) is 31.3. The van der Waals surface area contributed by atoms with Gasteiger partial charge in [0, 0.05) is 49.7 Å². The highest BCUT2D eigenvalue weighted by atomic mass is 32.1. The molecule has 182 valence electrons. The Hall–Kier alpha value is -3.56. The van der Waals surface area contributed by atoms with Crippen molar-refractivity contribution in [2.24, 2.45) is 0 Å². The highest BCUT2D eigenvalue weighted by Gasteiger charge is 2.23. The Labute approximate surface area is 207 Å². The molecule has 0 atom stereocenters. The van der Waals surface area contributed by atoms with Crippen molar-refractivity contribution in [1.29, 1.82) is 0 Å². The Balaban J connectivity index is 1.13. The molecule has 2 aromatic carbocycles. The maximum absolute atomic E-state index is 13.0. The number of piperazine rings is 1. The molecule has 0 radical (unpaired) electrons. The number of hydrogen-bond acceptors (Lipinski definition) is 6. The fourth-order valence-corrected chi connectivity index (χ4v) is 5.06. The SMILES string of the molecule is O=C(O)N(Cc1ccc(C(=O)N2CCN(Cc3ccc4c(c3)OCO4)CC2)cc1)Cc1cccs1. The summed E-state index contributed by atoms with van der Waals surface area (Å²) in [5, 5.41) is 11.5. The Morgan fingerprint density at radius 2 is 1.66 bits per heavy atom. The van der Waals surface area contributed by atoms with Crippen LogP contribution < -0.4 is 9.47 Å². The molecule has 0 aliphatic carbocycles. The van der Waals surface area contributed by atoms with E-state index in [-0.39, 0.29) is 19.2 Å². The lowest BCUT2D eigenvalue weighted by Crippen LogP contribution is -2.48. The van der Waals surface area contributed by atoms with Gasteiger partial charge in [-0.1, -0.05) is 24.3 Å². The predicted octanol–water partition coefficient (Wildman–Crippen LogP) is 4.12. The van der Waals surface area contributed by atoms with Gasteiger partial charge >= 0.3 is 6.09 Å². The molecule has 1 saturated heterocycles. The van der Waals surface area contributed by atoms with E-state index in [0.29, 0.717) is 25.2 Å². The van der Waals surface area contributed by atoms with Crippen LogP contribution in [0.2, 0.25) is 0 Å². The monoisotopic (exact) mass is 493 g/mol. The number of carbonyl (C=O) groups excluding carboxylic acids is 1. The second kappa shape index (κ2) is 10.4. The van der Waals surface area contributed by atoms with Crippen molar-refractivity contribution >= 4 is 23.3 Å². The van der Waals surface area contributed by atoms with E-state index < -0.39 is 6.09 Å². The molecule has 2 aliphatic heterocycles. The van der Waals surface area contributed by atoms with Crippen LogP contribution >= 0.6 is 11.3 Å². The van der Waals surface area contributed by atoms with E-state index >= 15 is 0 Å². The number of carboxylic acid groups (broad SMARTS) is 1. The van der Waals surface area contributed by atoms with Gasteiger partial charge < -0.3 is 19.5 Å². The van der Waals surface area contributed by atoms with Gasteiger partial charge in [0.15, 0.2) is 11.5 Å². The minimum atomic E-state index is -0.961. The fraction of sp³-hybridized carbons (Fsp3) is 0.308. The van der Waals surface area contributed by atoms with E-state index in [1.165, 1.54) is 21.8 Å². The van der Waals surface area contributed by atoms with Crippen molar-refractivity contribution < 1.29 is 24.2 Å². The van der Waals surface area contributed by atoms with Crippen molar-refractivity contribution in [2.75, 3.05) is 33.0 Å². The van der Waals surface area contributed by atoms with E-state index in [2.05, 4.69) is 11.0 Å². The number of ether oxygens (including phenoxy) is 2. The maximum atomic E-state index is 13.0. The van der Waals surface area contributed by atoms with Crippen molar-refractivity contribution in [3.8, 4) is 11.5 Å². The van der Waals surface area contributed by atoms with Gasteiger partial charge in [-0.3, -0.25) is 14.6 Å². The van der Waals surface area contributed by atoms with Crippen LogP contribution in [0.5, 0.6) is 11.5 Å². The quantitative estimate of drug-likeness (QED) is 0.533. The third kappa shape index (κ3) is 5.58. The summed E-state index contributed by atoms with van der Waals surface area (Å²) < 4.78 is 10.8. The van der Waals surface area contributed by atoms with Crippen LogP contribution in [-0.2, 0) is 19.6 Å². The highest BCUT2D eigenvalue weighted by molar-refractivity contribution is 7.09. The molecule has 1 aromatic heterocycles. The van der Waals surface area contributed by atoms with Gasteiger partial charge in [-0.25, -0.2) is 4.79 Å². The van der Waals surface area contributed by atoms with E-state index in [1.54, 1.807) is 12.1 Å². The Kier molecular flexibility index (Phi) is 6.87. The summed E-state index contributed by atoms with van der Waals surface area (Å²) in [6.07, 6.45) is -0.961. The van der Waals surface area contributed by atoms with Gasteiger partial charge in [-0.15, -0.1) is 11.3 Å². The van der Waals surface area contributed by atoms with Gasteiger partial charge in [0.25, 0.3) is 5.91 Å². The minimum absolute atomic E-state index is 0.00737. The third-order valence-corrected chi connectivity index (χ3v) is 7.14. The molecule has 0 unspecified atom stereocenters. The molecule has 9 heteroatoms. The molecule has 5 rings (SSSR count). The molecule has 0 spiro atoms. The number of nitrogens with zero attached hydrogens (tertiary/aromatic N) is 3. The van der Waals surface area contributed by atoms with Gasteiger partial charge in [0.1, 0.15) is 0 Å². The van der Waals surface area contributed by atoms with Crippen LogP contribution in [0.3, 0.4) is 0 Å². The van der Waals surface area contributed by atoms with Crippen LogP contribution in [0.4, 0.5) is 4.79 Å². The smallest absolute Gasteiger partial charge is 0.407 e. The lowest BCUT2D eigenvalue weighted by atomic mass is 10.1. The van der Waals surface area contributed by atoms with Crippen molar-refractivity contribution in [2.45, 2.75) is 19.6 Å². The Bertz CT molecular complexity index is 1170. The average molecular weight is 494 g/mol. The molecular weight excluding hydrogens is 466 g/mol. The minimum Gasteiger partial charge on any atom is -0.465 e. The zero-order valence-corrected chi connectivity index (χ0v) is 20.1. The summed E-state index contributed by atoms with van der Waals surface area (Å²) in [5.74, 6) is 1.58. The van der Waals surface area contributed by atoms with Crippen LogP contribution in [0, 0.1) is 0 Å². The first kappa shape index (κ1) is 23.2. The van der Waals surface area contributed by atoms with E-state index in [4.69, 9.17) is 9.47 Å². The second-order valence-electron chi connectivity index (χ2n) is 8.67. The summed E-state index contributed by atoms with van der Waals surface area (Å²) in [6.45, 7) is 4.64. The fourth-order valence-electron chi connectivity index (χ4n) is 4.34. The maximum Gasteiger partial charge on any atom is 0.407 e. The van der Waals surface area contributed by atoms with E-state index in [1.807, 2.05) is 46.7 Å². The number of amides is 2. The number of benzene rings is 2. The standard InChI is InChI=1S/C26H27N3O5S/c30-25(21-6-3-19(4-7-21)16-29(26(31)32)17-22-2-1-13-35-22)28-11-9-27(10-12-28)15-20-5-8-23-24(14-20)34-18-33-23/h1-8,13-14H,9-12,15-18H2,(H,31,32). The third-order valence-electron chi connectivity index (χ3n) is 6.27. The number of carbonyl (C=O) groups is 2. The number of thiophene rings is 1. The first-order chi connectivity index (χ1) is 17.0. The molecule has 2 aliphatic rings. The first-order valence-electron chi connectivity index (χ1n) is 11.5. The molecule has 0 saturated carbocycles. The summed E-state index contributed by atoms with van der Waals surface area (Å²) in [7, 11) is 0. The molecule has 3 aromatic rings. The van der Waals surface area contributed by atoms with Crippen LogP contribution in [0.1, 0.15) is 26.4 Å². The van der Waals surface area contributed by atoms with Crippen LogP contribution in [0.15, 0.2) is 60.0 Å². The van der Waals surface area contributed by atoms with Gasteiger partial charge in [0.2, 0.25) is 6.79 Å². The van der Waals surface area contributed by atoms with Gasteiger partial charge in [-0.05, 0) is 46.8 Å². The molecule has 8 nitrogen and oxygen atoms in total.